The molecule has 1 aliphatic heterocycles. The summed E-state index contributed by atoms with van der Waals surface area (Å²) in [7, 11) is 0. The Morgan fingerprint density at radius 1 is 1.31 bits per heavy atom. The van der Waals surface area contributed by atoms with Crippen LogP contribution >= 0.6 is 0 Å². The van der Waals surface area contributed by atoms with E-state index in [0.29, 0.717) is 37.6 Å². The SMILES string of the molecule is C[C@@H]1CN(Cc2c[nH]nc2C(=O)Nc2nc[nH]c2N)CCN1c1ccc(C(F)(F)F)cn1. The van der Waals surface area contributed by atoms with Gasteiger partial charge < -0.3 is 20.9 Å². The Kier molecular flexibility index (Phi) is 5.74. The van der Waals surface area contributed by atoms with Gasteiger partial charge in [0.2, 0.25) is 0 Å². The van der Waals surface area contributed by atoms with E-state index in [1.54, 1.807) is 6.20 Å². The molecule has 0 spiro atoms. The molecule has 170 valence electrons. The third-order valence-corrected chi connectivity index (χ3v) is 5.31. The molecule has 1 aliphatic rings. The molecule has 0 aliphatic carbocycles. The van der Waals surface area contributed by atoms with Crippen LogP contribution in [0.2, 0.25) is 0 Å². The lowest BCUT2D eigenvalue weighted by molar-refractivity contribution is -0.137. The van der Waals surface area contributed by atoms with Crippen LogP contribution in [-0.2, 0) is 12.7 Å². The summed E-state index contributed by atoms with van der Waals surface area (Å²) < 4.78 is 38.3. The largest absolute Gasteiger partial charge is 0.417 e. The number of hydrogen-bond donors (Lipinski definition) is 4. The molecule has 32 heavy (non-hydrogen) atoms. The maximum atomic E-state index is 12.8. The maximum Gasteiger partial charge on any atom is 0.417 e. The number of imidazole rings is 1. The Bertz CT molecular complexity index is 1080. The van der Waals surface area contributed by atoms with Crippen LogP contribution in [0.5, 0.6) is 0 Å². The van der Waals surface area contributed by atoms with Gasteiger partial charge in [0.15, 0.2) is 11.5 Å². The quantitative estimate of drug-likeness (QED) is 0.469. The molecule has 13 heteroatoms. The van der Waals surface area contributed by atoms with Crippen LogP contribution < -0.4 is 16.0 Å². The smallest absolute Gasteiger partial charge is 0.382 e. The topological polar surface area (TPSA) is 132 Å². The predicted octanol–water partition coefficient (Wildman–Crippen LogP) is 2.09. The molecule has 0 saturated carbocycles. The van der Waals surface area contributed by atoms with Gasteiger partial charge >= 0.3 is 6.18 Å². The number of carbonyl (C=O) groups is 1. The molecule has 0 radical (unpaired) electrons. The van der Waals surface area contributed by atoms with E-state index >= 15 is 0 Å². The van der Waals surface area contributed by atoms with E-state index in [1.165, 1.54) is 12.4 Å². The van der Waals surface area contributed by atoms with Crippen molar-refractivity contribution >= 4 is 23.4 Å². The molecule has 1 fully saturated rings. The van der Waals surface area contributed by atoms with Gasteiger partial charge in [0.1, 0.15) is 11.6 Å². The van der Waals surface area contributed by atoms with E-state index in [1.807, 2.05) is 11.8 Å². The van der Waals surface area contributed by atoms with Gasteiger partial charge in [0, 0.05) is 50.2 Å². The Labute approximate surface area is 181 Å². The molecule has 4 rings (SSSR count). The number of nitrogen functional groups attached to an aromatic ring is 1. The number of piperazine rings is 1. The molecule has 1 saturated heterocycles. The second kappa shape index (κ2) is 8.49. The van der Waals surface area contributed by atoms with Crippen LogP contribution in [0, 0.1) is 0 Å². The molecule has 5 N–H and O–H groups in total. The van der Waals surface area contributed by atoms with E-state index in [-0.39, 0.29) is 23.4 Å². The maximum absolute atomic E-state index is 12.8. The highest BCUT2D eigenvalue weighted by Gasteiger charge is 2.32. The predicted molar refractivity (Wildman–Crippen MR) is 111 cm³/mol. The number of aromatic nitrogens is 5. The number of nitrogens with zero attached hydrogens (tertiary/aromatic N) is 5. The van der Waals surface area contributed by atoms with Crippen molar-refractivity contribution < 1.29 is 18.0 Å². The van der Waals surface area contributed by atoms with E-state index in [9.17, 15) is 18.0 Å². The first kappa shape index (κ1) is 21.6. The lowest BCUT2D eigenvalue weighted by Crippen LogP contribution is -2.52. The number of aromatic amines is 2. The Morgan fingerprint density at radius 2 is 2.12 bits per heavy atom. The molecule has 1 atom stereocenters. The summed E-state index contributed by atoms with van der Waals surface area (Å²) in [4.78, 5) is 27.3. The summed E-state index contributed by atoms with van der Waals surface area (Å²) in [6.45, 7) is 4.33. The summed E-state index contributed by atoms with van der Waals surface area (Å²) in [5, 5.41) is 9.38. The minimum absolute atomic E-state index is 0.0148. The Balaban J connectivity index is 1.38. The molecular weight excluding hydrogens is 427 g/mol. The zero-order chi connectivity index (χ0) is 22.9. The number of halogens is 3. The lowest BCUT2D eigenvalue weighted by Gasteiger charge is -2.40. The number of nitrogens with one attached hydrogen (secondary N) is 3. The van der Waals surface area contributed by atoms with Crippen molar-refractivity contribution in [2.45, 2.75) is 25.7 Å². The fourth-order valence-corrected chi connectivity index (χ4v) is 3.68. The normalized spacial score (nSPS) is 17.5. The summed E-state index contributed by atoms with van der Waals surface area (Å²) >= 11 is 0. The number of rotatable bonds is 5. The van der Waals surface area contributed by atoms with Crippen LogP contribution in [0.1, 0.15) is 28.5 Å². The van der Waals surface area contributed by atoms with Crippen LogP contribution in [-0.4, -0.2) is 61.6 Å². The number of anilines is 3. The third-order valence-electron chi connectivity index (χ3n) is 5.31. The Hall–Kier alpha value is -3.61. The zero-order valence-electron chi connectivity index (χ0n) is 17.1. The summed E-state index contributed by atoms with van der Waals surface area (Å²) in [5.41, 5.74) is 5.89. The standard InChI is InChI=1S/C19H22F3N9O/c1-11-8-30(4-5-31(11)14-3-2-13(7-24-14)19(20,21)22)9-12-6-27-29-15(12)18(32)28-17-16(23)25-10-26-17/h2-3,6-7,10-11H,4-5,8-9,23H2,1H3,(H,25,26)(H,27,29)(H,28,32)/t11-/m1/s1. The summed E-state index contributed by atoms with van der Waals surface area (Å²) in [5.74, 6) is 0.554. The fourth-order valence-electron chi connectivity index (χ4n) is 3.68. The molecule has 0 unspecified atom stereocenters. The third kappa shape index (κ3) is 4.51. The highest BCUT2D eigenvalue weighted by molar-refractivity contribution is 6.04. The van der Waals surface area contributed by atoms with Crippen molar-refractivity contribution in [2.24, 2.45) is 0 Å². The van der Waals surface area contributed by atoms with Crippen molar-refractivity contribution in [3.05, 3.63) is 47.7 Å². The van der Waals surface area contributed by atoms with Crippen molar-refractivity contribution in [1.29, 1.82) is 0 Å². The average molecular weight is 449 g/mol. The van der Waals surface area contributed by atoms with Gasteiger partial charge in [-0.05, 0) is 19.1 Å². The van der Waals surface area contributed by atoms with E-state index in [2.05, 4.69) is 35.4 Å². The minimum atomic E-state index is -4.41. The second-order valence-electron chi connectivity index (χ2n) is 7.56. The van der Waals surface area contributed by atoms with Crippen molar-refractivity contribution in [3.8, 4) is 0 Å². The molecule has 0 aromatic carbocycles. The van der Waals surface area contributed by atoms with Gasteiger partial charge in [-0.2, -0.15) is 18.3 Å². The minimum Gasteiger partial charge on any atom is -0.382 e. The average Bonchev–Trinajstić information content (AvgIpc) is 3.37. The van der Waals surface area contributed by atoms with E-state index < -0.39 is 17.6 Å². The van der Waals surface area contributed by atoms with Gasteiger partial charge in [0.25, 0.3) is 5.91 Å². The number of amides is 1. The highest BCUT2D eigenvalue weighted by atomic mass is 19.4. The molecule has 4 heterocycles. The number of nitrogens with two attached hydrogens (primary N) is 1. The van der Waals surface area contributed by atoms with Crippen molar-refractivity contribution in [1.82, 2.24) is 30.0 Å². The van der Waals surface area contributed by atoms with Crippen LogP contribution in [0.4, 0.5) is 30.6 Å². The first-order valence-electron chi connectivity index (χ1n) is 9.87. The monoisotopic (exact) mass is 449 g/mol. The van der Waals surface area contributed by atoms with E-state index in [0.717, 1.165) is 12.3 Å². The number of alkyl halides is 3. The van der Waals surface area contributed by atoms with Crippen LogP contribution in [0.25, 0.3) is 0 Å². The summed E-state index contributed by atoms with van der Waals surface area (Å²) in [6, 6.07) is 2.46. The van der Waals surface area contributed by atoms with Gasteiger partial charge in [0.05, 0.1) is 11.9 Å². The summed E-state index contributed by atoms with van der Waals surface area (Å²) in [6.07, 6.45) is -0.510. The highest BCUT2D eigenvalue weighted by Crippen LogP contribution is 2.30. The number of hydrogen-bond acceptors (Lipinski definition) is 7. The first-order valence-corrected chi connectivity index (χ1v) is 9.87. The van der Waals surface area contributed by atoms with Gasteiger partial charge in [-0.3, -0.25) is 14.8 Å². The first-order chi connectivity index (χ1) is 15.2. The Morgan fingerprint density at radius 3 is 2.75 bits per heavy atom. The van der Waals surface area contributed by atoms with Gasteiger partial charge in [-0.15, -0.1) is 0 Å². The second-order valence-corrected chi connectivity index (χ2v) is 7.56. The zero-order valence-corrected chi connectivity index (χ0v) is 17.1. The fraction of sp³-hybridized carbons (Fsp3) is 0.368. The molecule has 3 aromatic heterocycles. The molecular formula is C19H22F3N9O. The molecule has 0 bridgehead atoms. The van der Waals surface area contributed by atoms with Gasteiger partial charge in [-0.25, -0.2) is 9.97 Å². The number of H-pyrrole nitrogens is 2. The van der Waals surface area contributed by atoms with Crippen LogP contribution in [0.3, 0.4) is 0 Å². The van der Waals surface area contributed by atoms with Crippen molar-refractivity contribution in [2.75, 3.05) is 35.6 Å². The van der Waals surface area contributed by atoms with Crippen LogP contribution in [0.15, 0.2) is 30.9 Å². The van der Waals surface area contributed by atoms with Gasteiger partial charge in [-0.1, -0.05) is 0 Å². The number of carbonyl (C=O) groups excluding carboxylic acids is 1. The number of pyridine rings is 1. The molecule has 1 amide bonds. The van der Waals surface area contributed by atoms with Crippen molar-refractivity contribution in [3.63, 3.8) is 0 Å². The molecule has 10 nitrogen and oxygen atoms in total. The lowest BCUT2D eigenvalue weighted by atomic mass is 10.1. The molecule has 3 aromatic rings. The van der Waals surface area contributed by atoms with E-state index in [4.69, 9.17) is 5.73 Å².